The monoisotopic (exact) mass is 408 g/mol. The van der Waals surface area contributed by atoms with E-state index >= 15 is 0 Å². The largest absolute Gasteiger partial charge is 0.368 e. The molecule has 1 amide bonds. The minimum Gasteiger partial charge on any atom is -0.368 e. The zero-order chi connectivity index (χ0) is 20.1. The van der Waals surface area contributed by atoms with Crippen LogP contribution in [0.4, 0.5) is 5.82 Å². The van der Waals surface area contributed by atoms with E-state index < -0.39 is 0 Å². The van der Waals surface area contributed by atoms with Crippen molar-refractivity contribution in [3.05, 3.63) is 77.0 Å². The van der Waals surface area contributed by atoms with E-state index in [0.29, 0.717) is 11.5 Å². The van der Waals surface area contributed by atoms with Crippen molar-refractivity contribution in [2.45, 2.75) is 31.2 Å². The van der Waals surface area contributed by atoms with Crippen LogP contribution >= 0.6 is 11.6 Å². The third-order valence-electron chi connectivity index (χ3n) is 5.30. The SMILES string of the molecule is O=C(NCc1cnccn1)c1ccc(NCC2(c3cccc(Cl)c3)CCC2)nn1. The molecule has 2 heterocycles. The number of nitrogens with zero attached hydrogens (tertiary/aromatic N) is 4. The van der Waals surface area contributed by atoms with Gasteiger partial charge < -0.3 is 10.6 Å². The second-order valence-corrected chi connectivity index (χ2v) is 7.62. The van der Waals surface area contributed by atoms with Gasteiger partial charge in [0, 0.05) is 29.4 Å². The highest BCUT2D eigenvalue weighted by atomic mass is 35.5. The molecule has 0 atom stereocenters. The number of carbonyl (C=O) groups is 1. The number of nitrogens with one attached hydrogen (secondary N) is 2. The molecule has 0 spiro atoms. The van der Waals surface area contributed by atoms with Gasteiger partial charge in [0.1, 0.15) is 5.82 Å². The van der Waals surface area contributed by atoms with Crippen LogP contribution in [0.15, 0.2) is 55.0 Å². The van der Waals surface area contributed by atoms with E-state index in [1.54, 1.807) is 30.7 Å². The molecule has 1 aliphatic rings. The molecular formula is C21H21ClN6O. The Morgan fingerprint density at radius 1 is 1.14 bits per heavy atom. The molecule has 0 aliphatic heterocycles. The Hall–Kier alpha value is -3.06. The fourth-order valence-corrected chi connectivity index (χ4v) is 3.67. The molecule has 8 heteroatoms. The summed E-state index contributed by atoms with van der Waals surface area (Å²) in [6, 6.07) is 11.5. The van der Waals surface area contributed by atoms with Crippen molar-refractivity contribution in [1.82, 2.24) is 25.5 Å². The van der Waals surface area contributed by atoms with E-state index in [1.807, 2.05) is 18.2 Å². The lowest BCUT2D eigenvalue weighted by atomic mass is 9.64. The number of hydrogen-bond donors (Lipinski definition) is 2. The summed E-state index contributed by atoms with van der Waals surface area (Å²) in [5, 5.41) is 15.1. The number of rotatable bonds is 7. The van der Waals surface area contributed by atoms with Crippen LogP contribution < -0.4 is 10.6 Å². The van der Waals surface area contributed by atoms with Crippen LogP contribution in [0.5, 0.6) is 0 Å². The third-order valence-corrected chi connectivity index (χ3v) is 5.53. The van der Waals surface area contributed by atoms with Gasteiger partial charge in [-0.3, -0.25) is 14.8 Å². The van der Waals surface area contributed by atoms with Crippen LogP contribution in [-0.2, 0) is 12.0 Å². The Morgan fingerprint density at radius 2 is 2.03 bits per heavy atom. The third kappa shape index (κ3) is 4.51. The molecule has 3 aromatic rings. The van der Waals surface area contributed by atoms with Gasteiger partial charge in [-0.2, -0.15) is 0 Å². The van der Waals surface area contributed by atoms with Gasteiger partial charge in [0.25, 0.3) is 5.91 Å². The second kappa shape index (κ2) is 8.53. The van der Waals surface area contributed by atoms with Crippen molar-refractivity contribution in [2.24, 2.45) is 0 Å². The topological polar surface area (TPSA) is 92.7 Å². The molecule has 0 radical (unpaired) electrons. The Bertz CT molecular complexity index is 976. The average Bonchev–Trinajstić information content (AvgIpc) is 2.72. The molecule has 148 valence electrons. The number of carbonyl (C=O) groups excluding carboxylic acids is 1. The second-order valence-electron chi connectivity index (χ2n) is 7.18. The van der Waals surface area contributed by atoms with Gasteiger partial charge in [-0.25, -0.2) is 0 Å². The first-order valence-corrected chi connectivity index (χ1v) is 9.89. The maximum Gasteiger partial charge on any atom is 0.272 e. The Labute approximate surface area is 174 Å². The maximum atomic E-state index is 12.2. The van der Waals surface area contributed by atoms with Crippen molar-refractivity contribution < 1.29 is 4.79 Å². The first kappa shape index (κ1) is 19.3. The van der Waals surface area contributed by atoms with Crippen LogP contribution in [0.1, 0.15) is 41.0 Å². The van der Waals surface area contributed by atoms with Crippen LogP contribution in [0, 0.1) is 0 Å². The zero-order valence-corrected chi connectivity index (χ0v) is 16.6. The van der Waals surface area contributed by atoms with Gasteiger partial charge in [-0.15, -0.1) is 10.2 Å². The lowest BCUT2D eigenvalue weighted by Crippen LogP contribution is -2.41. The normalized spacial score (nSPS) is 14.7. The predicted molar refractivity (Wildman–Crippen MR) is 111 cm³/mol. The Morgan fingerprint density at radius 3 is 2.69 bits per heavy atom. The molecule has 2 N–H and O–H groups in total. The van der Waals surface area contributed by atoms with Gasteiger partial charge in [0.15, 0.2) is 5.69 Å². The highest BCUT2D eigenvalue weighted by Gasteiger charge is 2.38. The lowest BCUT2D eigenvalue weighted by molar-refractivity contribution is 0.0944. The average molecular weight is 409 g/mol. The molecule has 1 fully saturated rings. The van der Waals surface area contributed by atoms with Gasteiger partial charge in [-0.05, 0) is 42.7 Å². The number of benzene rings is 1. The minimum absolute atomic E-state index is 0.0688. The summed E-state index contributed by atoms with van der Waals surface area (Å²) in [6.07, 6.45) is 8.19. The summed E-state index contributed by atoms with van der Waals surface area (Å²) in [6.45, 7) is 1.04. The van der Waals surface area contributed by atoms with Crippen LogP contribution in [0.2, 0.25) is 5.02 Å². The van der Waals surface area contributed by atoms with E-state index in [4.69, 9.17) is 11.6 Å². The van der Waals surface area contributed by atoms with E-state index in [2.05, 4.69) is 36.9 Å². The fraction of sp³-hybridized carbons (Fsp3) is 0.286. The molecule has 0 saturated heterocycles. The van der Waals surface area contributed by atoms with Crippen LogP contribution in [-0.4, -0.2) is 32.6 Å². The lowest BCUT2D eigenvalue weighted by Gasteiger charge is -2.42. The molecule has 4 rings (SSSR count). The van der Waals surface area contributed by atoms with Crippen LogP contribution in [0.25, 0.3) is 0 Å². The number of hydrogen-bond acceptors (Lipinski definition) is 6. The number of aromatic nitrogens is 4. The molecule has 0 unspecified atom stereocenters. The Balaban J connectivity index is 1.35. The molecule has 29 heavy (non-hydrogen) atoms. The summed E-state index contributed by atoms with van der Waals surface area (Å²) in [7, 11) is 0. The van der Waals surface area contributed by atoms with E-state index in [9.17, 15) is 4.79 Å². The summed E-state index contributed by atoms with van der Waals surface area (Å²) in [4.78, 5) is 20.3. The van der Waals surface area contributed by atoms with Crippen molar-refractivity contribution in [1.29, 1.82) is 0 Å². The summed E-state index contributed by atoms with van der Waals surface area (Å²) in [5.74, 6) is 0.341. The van der Waals surface area contributed by atoms with Gasteiger partial charge in [0.05, 0.1) is 18.4 Å². The summed E-state index contributed by atoms with van der Waals surface area (Å²) >= 11 is 6.17. The van der Waals surface area contributed by atoms with Crippen molar-refractivity contribution in [2.75, 3.05) is 11.9 Å². The quantitative estimate of drug-likeness (QED) is 0.622. The fourth-order valence-electron chi connectivity index (χ4n) is 3.48. The van der Waals surface area contributed by atoms with E-state index in [0.717, 1.165) is 24.4 Å². The number of anilines is 1. The van der Waals surface area contributed by atoms with E-state index in [1.165, 1.54) is 12.0 Å². The van der Waals surface area contributed by atoms with Crippen molar-refractivity contribution >= 4 is 23.3 Å². The molecule has 1 aliphatic carbocycles. The molecule has 0 bridgehead atoms. The van der Waals surface area contributed by atoms with Gasteiger partial charge in [0.2, 0.25) is 0 Å². The van der Waals surface area contributed by atoms with Crippen LogP contribution in [0.3, 0.4) is 0 Å². The zero-order valence-electron chi connectivity index (χ0n) is 15.8. The first-order chi connectivity index (χ1) is 14.1. The molecule has 1 saturated carbocycles. The highest BCUT2D eigenvalue weighted by Crippen LogP contribution is 2.44. The molecule has 7 nitrogen and oxygen atoms in total. The first-order valence-electron chi connectivity index (χ1n) is 9.51. The predicted octanol–water partition coefficient (Wildman–Crippen LogP) is 3.38. The van der Waals surface area contributed by atoms with Crippen molar-refractivity contribution in [3.63, 3.8) is 0 Å². The van der Waals surface area contributed by atoms with Gasteiger partial charge in [-0.1, -0.05) is 30.2 Å². The summed E-state index contributed by atoms with van der Waals surface area (Å²) in [5.41, 5.74) is 2.25. The Kier molecular flexibility index (Phi) is 5.67. The molecule has 2 aromatic heterocycles. The smallest absolute Gasteiger partial charge is 0.272 e. The molecular weight excluding hydrogens is 388 g/mol. The van der Waals surface area contributed by atoms with Gasteiger partial charge >= 0.3 is 0 Å². The number of halogens is 1. The maximum absolute atomic E-state index is 12.2. The highest BCUT2D eigenvalue weighted by molar-refractivity contribution is 6.30. The number of amides is 1. The molecule has 1 aromatic carbocycles. The standard InChI is InChI=1S/C21H21ClN6O/c22-16-4-1-3-15(11-16)21(7-2-8-21)14-26-19-6-5-18(27-28-19)20(29)25-13-17-12-23-9-10-24-17/h1,3-6,9-12H,2,7-8,13-14H2,(H,25,29)(H,26,28). The minimum atomic E-state index is -0.302. The summed E-state index contributed by atoms with van der Waals surface area (Å²) < 4.78 is 0. The van der Waals surface area contributed by atoms with E-state index in [-0.39, 0.29) is 23.6 Å². The van der Waals surface area contributed by atoms with Crippen molar-refractivity contribution in [3.8, 4) is 0 Å².